The highest BCUT2D eigenvalue weighted by Crippen LogP contribution is 2.34. The van der Waals surface area contributed by atoms with Crippen molar-refractivity contribution in [1.82, 2.24) is 0 Å². The zero-order chi connectivity index (χ0) is 15.3. The highest BCUT2D eigenvalue weighted by atomic mass is 19.4. The van der Waals surface area contributed by atoms with Crippen molar-refractivity contribution in [2.75, 3.05) is 18.5 Å². The minimum atomic E-state index is -4.67. The molecule has 0 saturated carbocycles. The molecule has 0 spiro atoms. The van der Waals surface area contributed by atoms with Crippen LogP contribution in [0.15, 0.2) is 18.2 Å². The summed E-state index contributed by atoms with van der Waals surface area (Å²) in [5, 5.41) is 13.2. The van der Waals surface area contributed by atoms with Crippen molar-refractivity contribution in [1.29, 1.82) is 0 Å². The summed E-state index contributed by atoms with van der Waals surface area (Å²) in [7, 11) is 0. The van der Waals surface area contributed by atoms with E-state index in [9.17, 15) is 28.1 Å². The number of nitrogens with one attached hydrogen (secondary N) is 1. The Balaban J connectivity index is 2.86. The van der Waals surface area contributed by atoms with Gasteiger partial charge in [0.1, 0.15) is 12.3 Å². The number of nitro benzene ring substituents is 1. The van der Waals surface area contributed by atoms with Crippen molar-refractivity contribution < 1.29 is 27.6 Å². The molecule has 0 aliphatic carbocycles. The summed E-state index contributed by atoms with van der Waals surface area (Å²) in [5.74, 6) is 0. The number of alkyl halides is 3. The summed E-state index contributed by atoms with van der Waals surface area (Å²) in [4.78, 5) is 20.1. The van der Waals surface area contributed by atoms with Crippen molar-refractivity contribution in [3.63, 3.8) is 0 Å². The number of hydrogen-bond donors (Lipinski definition) is 2. The van der Waals surface area contributed by atoms with Crippen LogP contribution in [0, 0.1) is 10.1 Å². The summed E-state index contributed by atoms with van der Waals surface area (Å²) in [6.07, 6.45) is -5.69. The van der Waals surface area contributed by atoms with Crippen LogP contribution in [0.2, 0.25) is 0 Å². The maximum Gasteiger partial charge on any atom is 0.416 e. The quantitative estimate of drug-likeness (QED) is 0.491. The molecule has 0 bridgehead atoms. The number of anilines is 1. The van der Waals surface area contributed by atoms with E-state index in [4.69, 9.17) is 5.73 Å². The van der Waals surface area contributed by atoms with Gasteiger partial charge in [-0.3, -0.25) is 10.1 Å². The first-order valence-corrected chi connectivity index (χ1v) is 5.23. The van der Waals surface area contributed by atoms with E-state index in [0.717, 1.165) is 6.07 Å². The lowest BCUT2D eigenvalue weighted by Crippen LogP contribution is -2.18. The second kappa shape index (κ2) is 6.08. The Morgan fingerprint density at radius 1 is 1.45 bits per heavy atom. The predicted octanol–water partition coefficient (Wildman–Crippen LogP) is 2.12. The fraction of sp³-hybridized carbons (Fsp3) is 0.300. The van der Waals surface area contributed by atoms with Crippen molar-refractivity contribution in [2.45, 2.75) is 6.18 Å². The molecule has 1 amide bonds. The van der Waals surface area contributed by atoms with Gasteiger partial charge in [0.05, 0.1) is 10.5 Å². The number of rotatable bonds is 5. The normalized spacial score (nSPS) is 10.9. The number of carbonyl (C=O) groups excluding carboxylic acids is 1. The van der Waals surface area contributed by atoms with E-state index in [2.05, 4.69) is 10.1 Å². The van der Waals surface area contributed by atoms with Crippen molar-refractivity contribution in [3.8, 4) is 0 Å². The van der Waals surface area contributed by atoms with Crippen LogP contribution in [0.3, 0.4) is 0 Å². The number of benzene rings is 1. The third kappa shape index (κ3) is 4.30. The third-order valence-electron chi connectivity index (χ3n) is 2.18. The van der Waals surface area contributed by atoms with Crippen LogP contribution in [-0.2, 0) is 10.9 Å². The largest absolute Gasteiger partial charge is 0.448 e. The molecule has 0 aliphatic heterocycles. The van der Waals surface area contributed by atoms with Gasteiger partial charge in [-0.2, -0.15) is 13.2 Å². The Morgan fingerprint density at radius 3 is 2.60 bits per heavy atom. The van der Waals surface area contributed by atoms with Crippen LogP contribution < -0.4 is 11.1 Å². The molecule has 0 unspecified atom stereocenters. The first-order chi connectivity index (χ1) is 9.21. The summed E-state index contributed by atoms with van der Waals surface area (Å²) in [5.41, 5.74) is 2.74. The highest BCUT2D eigenvalue weighted by molar-refractivity contribution is 5.65. The van der Waals surface area contributed by atoms with Crippen LogP contribution in [0.1, 0.15) is 5.56 Å². The van der Waals surface area contributed by atoms with E-state index in [1.54, 1.807) is 0 Å². The SMILES string of the molecule is NC(=O)OCCNc1ccc(C(F)(F)F)cc1[N+](=O)[O-]. The van der Waals surface area contributed by atoms with Crippen LogP contribution in [-0.4, -0.2) is 24.2 Å². The van der Waals surface area contributed by atoms with Crippen LogP contribution >= 0.6 is 0 Å². The van der Waals surface area contributed by atoms with E-state index in [0.29, 0.717) is 12.1 Å². The number of carbonyl (C=O) groups is 1. The molecule has 0 atom stereocenters. The second-order valence-corrected chi connectivity index (χ2v) is 3.58. The monoisotopic (exact) mass is 293 g/mol. The van der Waals surface area contributed by atoms with Crippen LogP contribution in [0.25, 0.3) is 0 Å². The number of ether oxygens (including phenoxy) is 1. The Bertz CT molecular complexity index is 519. The fourth-order valence-corrected chi connectivity index (χ4v) is 1.35. The van der Waals surface area contributed by atoms with Gasteiger partial charge in [-0.15, -0.1) is 0 Å². The molecule has 3 N–H and O–H groups in total. The van der Waals surface area contributed by atoms with Crippen molar-refractivity contribution >= 4 is 17.5 Å². The summed E-state index contributed by atoms with van der Waals surface area (Å²) < 4.78 is 41.7. The van der Waals surface area contributed by atoms with Gasteiger partial charge < -0.3 is 15.8 Å². The lowest BCUT2D eigenvalue weighted by Gasteiger charge is -2.10. The van der Waals surface area contributed by atoms with Gasteiger partial charge in [0.15, 0.2) is 0 Å². The van der Waals surface area contributed by atoms with Crippen molar-refractivity contribution in [2.24, 2.45) is 5.73 Å². The molecule has 110 valence electrons. The number of primary amides is 1. The van der Waals surface area contributed by atoms with Gasteiger partial charge in [-0.05, 0) is 12.1 Å². The number of nitrogens with two attached hydrogens (primary N) is 1. The average Bonchev–Trinajstić information content (AvgIpc) is 2.33. The Kier molecular flexibility index (Phi) is 4.73. The second-order valence-electron chi connectivity index (χ2n) is 3.58. The van der Waals surface area contributed by atoms with Gasteiger partial charge in [0.2, 0.25) is 0 Å². The number of nitro groups is 1. The summed E-state index contributed by atoms with van der Waals surface area (Å²) in [6.45, 7) is -0.206. The molecule has 20 heavy (non-hydrogen) atoms. The molecule has 0 aliphatic rings. The first kappa shape index (κ1) is 15.5. The molecule has 0 heterocycles. The summed E-state index contributed by atoms with van der Waals surface area (Å²) in [6, 6.07) is 2.08. The lowest BCUT2D eigenvalue weighted by molar-refractivity contribution is -0.384. The fourth-order valence-electron chi connectivity index (χ4n) is 1.35. The number of nitrogens with zero attached hydrogens (tertiary/aromatic N) is 1. The zero-order valence-corrected chi connectivity index (χ0v) is 9.94. The Hall–Kier alpha value is -2.52. The molecule has 1 aromatic rings. The predicted molar refractivity (Wildman–Crippen MR) is 62.1 cm³/mol. The number of amides is 1. The van der Waals surface area contributed by atoms with Gasteiger partial charge >= 0.3 is 12.3 Å². The summed E-state index contributed by atoms with van der Waals surface area (Å²) >= 11 is 0. The zero-order valence-electron chi connectivity index (χ0n) is 9.94. The molecule has 1 rings (SSSR count). The molecule has 1 aromatic carbocycles. The lowest BCUT2D eigenvalue weighted by atomic mass is 10.1. The van der Waals surface area contributed by atoms with Crippen molar-refractivity contribution in [3.05, 3.63) is 33.9 Å². The molecule has 0 radical (unpaired) electrons. The molecular weight excluding hydrogens is 283 g/mol. The Morgan fingerprint density at radius 2 is 2.10 bits per heavy atom. The minimum Gasteiger partial charge on any atom is -0.448 e. The first-order valence-electron chi connectivity index (χ1n) is 5.23. The maximum absolute atomic E-state index is 12.4. The standard InChI is InChI=1S/C10H10F3N3O4/c11-10(12,13)6-1-2-7(8(5-6)16(18)19)15-3-4-20-9(14)17/h1-2,5,15H,3-4H2,(H2,14,17). The van der Waals surface area contributed by atoms with Gasteiger partial charge in [0.25, 0.3) is 5.69 Å². The topological polar surface area (TPSA) is 107 Å². The maximum atomic E-state index is 12.4. The number of hydrogen-bond acceptors (Lipinski definition) is 5. The van der Waals surface area contributed by atoms with Crippen LogP contribution in [0.4, 0.5) is 29.3 Å². The van der Waals surface area contributed by atoms with E-state index in [1.165, 1.54) is 0 Å². The number of halogens is 3. The van der Waals surface area contributed by atoms with Gasteiger partial charge in [0, 0.05) is 12.6 Å². The molecule has 7 nitrogen and oxygen atoms in total. The molecule has 10 heteroatoms. The third-order valence-corrected chi connectivity index (χ3v) is 2.18. The smallest absolute Gasteiger partial charge is 0.416 e. The molecule has 0 fully saturated rings. The average molecular weight is 293 g/mol. The van der Waals surface area contributed by atoms with E-state index in [1.807, 2.05) is 0 Å². The van der Waals surface area contributed by atoms with Gasteiger partial charge in [-0.1, -0.05) is 0 Å². The molecule has 0 aromatic heterocycles. The Labute approximate surface area is 110 Å². The minimum absolute atomic E-state index is 0.0326. The van der Waals surface area contributed by atoms with E-state index >= 15 is 0 Å². The van der Waals surface area contributed by atoms with Gasteiger partial charge in [-0.25, -0.2) is 4.79 Å². The highest BCUT2D eigenvalue weighted by Gasteiger charge is 2.32. The van der Waals surface area contributed by atoms with E-state index < -0.39 is 28.4 Å². The molecular formula is C10H10F3N3O4. The van der Waals surface area contributed by atoms with E-state index in [-0.39, 0.29) is 18.8 Å². The van der Waals surface area contributed by atoms with Crippen LogP contribution in [0.5, 0.6) is 0 Å². The molecule has 0 saturated heterocycles.